The molecule has 0 radical (unpaired) electrons. The molecule has 1 aliphatic heterocycles. The Hall–Kier alpha value is -1.80. The van der Waals surface area contributed by atoms with E-state index >= 15 is 0 Å². The van der Waals surface area contributed by atoms with Gasteiger partial charge in [-0.3, -0.25) is 0 Å². The SMILES string of the molecule is COc1ccc2c(c1OC)C(=O)O[C@H]2Nc1ncc(Br)cc1Br. The Morgan fingerprint density at radius 3 is 2.70 bits per heavy atom. The molecule has 0 unspecified atom stereocenters. The second-order valence-electron chi connectivity index (χ2n) is 4.68. The number of nitrogens with zero attached hydrogens (tertiary/aromatic N) is 1. The smallest absolute Gasteiger partial charge is 0.344 e. The number of fused-ring (bicyclic) bond motifs is 1. The molecule has 6 nitrogen and oxygen atoms in total. The van der Waals surface area contributed by atoms with Crippen LogP contribution in [0.3, 0.4) is 0 Å². The summed E-state index contributed by atoms with van der Waals surface area (Å²) in [4.78, 5) is 16.5. The summed E-state index contributed by atoms with van der Waals surface area (Å²) < 4.78 is 17.5. The number of carbonyl (C=O) groups is 1. The topological polar surface area (TPSA) is 69.7 Å². The Balaban J connectivity index is 1.99. The van der Waals surface area contributed by atoms with Gasteiger partial charge in [0.1, 0.15) is 11.4 Å². The zero-order valence-electron chi connectivity index (χ0n) is 12.2. The van der Waals surface area contributed by atoms with E-state index in [0.29, 0.717) is 28.4 Å². The average Bonchev–Trinajstić information content (AvgIpc) is 2.85. The van der Waals surface area contributed by atoms with E-state index in [1.807, 2.05) is 6.07 Å². The van der Waals surface area contributed by atoms with Crippen LogP contribution in [0.5, 0.6) is 11.5 Å². The molecule has 0 bridgehead atoms. The summed E-state index contributed by atoms with van der Waals surface area (Å²) in [5.41, 5.74) is 1.03. The van der Waals surface area contributed by atoms with Crippen LogP contribution in [0.15, 0.2) is 33.3 Å². The van der Waals surface area contributed by atoms with Gasteiger partial charge < -0.3 is 19.5 Å². The molecule has 1 aromatic carbocycles. The number of cyclic esters (lactones) is 1. The Bertz CT molecular complexity index is 782. The highest BCUT2D eigenvalue weighted by Gasteiger charge is 2.36. The second kappa shape index (κ2) is 6.37. The molecule has 0 spiro atoms. The Morgan fingerprint density at radius 1 is 1.26 bits per heavy atom. The zero-order valence-corrected chi connectivity index (χ0v) is 15.4. The number of anilines is 1. The van der Waals surface area contributed by atoms with Gasteiger partial charge in [-0.05, 0) is 50.1 Å². The third-order valence-electron chi connectivity index (χ3n) is 3.36. The van der Waals surface area contributed by atoms with Crippen molar-refractivity contribution in [1.82, 2.24) is 4.98 Å². The third-order valence-corrected chi connectivity index (χ3v) is 4.40. The summed E-state index contributed by atoms with van der Waals surface area (Å²) >= 11 is 6.76. The van der Waals surface area contributed by atoms with Crippen molar-refractivity contribution in [2.24, 2.45) is 0 Å². The lowest BCUT2D eigenvalue weighted by atomic mass is 10.1. The predicted octanol–water partition coefficient (Wildman–Crippen LogP) is 3.90. The fourth-order valence-corrected chi connectivity index (χ4v) is 3.45. The number of hydrogen-bond donors (Lipinski definition) is 1. The van der Waals surface area contributed by atoms with Gasteiger partial charge in [0.05, 0.1) is 18.7 Å². The van der Waals surface area contributed by atoms with Gasteiger partial charge in [-0.2, -0.15) is 0 Å². The van der Waals surface area contributed by atoms with Crippen LogP contribution in [0.25, 0.3) is 0 Å². The number of aromatic nitrogens is 1. The van der Waals surface area contributed by atoms with Gasteiger partial charge in [0.15, 0.2) is 11.5 Å². The lowest BCUT2D eigenvalue weighted by Gasteiger charge is -2.15. The van der Waals surface area contributed by atoms with Crippen molar-refractivity contribution in [3.8, 4) is 11.5 Å². The molecule has 0 saturated carbocycles. The number of halogens is 2. The van der Waals surface area contributed by atoms with Crippen molar-refractivity contribution < 1.29 is 19.0 Å². The summed E-state index contributed by atoms with van der Waals surface area (Å²) in [6.07, 6.45) is 1.00. The maximum atomic E-state index is 12.2. The Morgan fingerprint density at radius 2 is 2.04 bits per heavy atom. The number of carbonyl (C=O) groups excluding carboxylic acids is 1. The average molecular weight is 444 g/mol. The van der Waals surface area contributed by atoms with E-state index in [4.69, 9.17) is 14.2 Å². The molecule has 0 saturated heterocycles. The van der Waals surface area contributed by atoms with Crippen molar-refractivity contribution in [2.45, 2.75) is 6.23 Å². The first kappa shape index (κ1) is 16.1. The number of pyridine rings is 1. The van der Waals surface area contributed by atoms with E-state index in [9.17, 15) is 4.79 Å². The molecule has 1 N–H and O–H groups in total. The van der Waals surface area contributed by atoms with Crippen molar-refractivity contribution in [3.05, 3.63) is 44.5 Å². The lowest BCUT2D eigenvalue weighted by molar-refractivity contribution is 0.0434. The molecule has 1 atom stereocenters. The predicted molar refractivity (Wildman–Crippen MR) is 91.0 cm³/mol. The number of ether oxygens (including phenoxy) is 3. The first-order chi connectivity index (χ1) is 11.0. The van der Waals surface area contributed by atoms with Crippen molar-refractivity contribution in [3.63, 3.8) is 0 Å². The second-order valence-corrected chi connectivity index (χ2v) is 6.45. The van der Waals surface area contributed by atoms with Gasteiger partial charge in [-0.25, -0.2) is 9.78 Å². The molecule has 0 aliphatic carbocycles. The van der Waals surface area contributed by atoms with E-state index in [1.54, 1.807) is 18.3 Å². The molecule has 3 rings (SSSR count). The molecule has 23 heavy (non-hydrogen) atoms. The maximum Gasteiger partial charge on any atom is 0.344 e. The van der Waals surface area contributed by atoms with Crippen LogP contribution >= 0.6 is 31.9 Å². The number of esters is 1. The van der Waals surface area contributed by atoms with Crippen LogP contribution in [0.1, 0.15) is 22.1 Å². The molecule has 2 heterocycles. The molecule has 0 amide bonds. The minimum Gasteiger partial charge on any atom is -0.493 e. The number of benzene rings is 1. The van der Waals surface area contributed by atoms with Gasteiger partial charge >= 0.3 is 5.97 Å². The van der Waals surface area contributed by atoms with Crippen molar-refractivity contribution >= 4 is 43.6 Å². The van der Waals surface area contributed by atoms with Crippen molar-refractivity contribution in [2.75, 3.05) is 19.5 Å². The van der Waals surface area contributed by atoms with Crippen LogP contribution in [-0.2, 0) is 4.74 Å². The summed E-state index contributed by atoms with van der Waals surface area (Å²) in [5, 5.41) is 3.09. The van der Waals surface area contributed by atoms with Gasteiger partial charge in [-0.1, -0.05) is 0 Å². The van der Waals surface area contributed by atoms with Gasteiger partial charge in [0.25, 0.3) is 0 Å². The molecule has 2 aromatic rings. The highest BCUT2D eigenvalue weighted by molar-refractivity contribution is 9.11. The van der Waals surface area contributed by atoms with Crippen LogP contribution in [0.2, 0.25) is 0 Å². The Kier molecular flexibility index (Phi) is 4.45. The lowest BCUT2D eigenvalue weighted by Crippen LogP contribution is -2.11. The normalized spacial score (nSPS) is 15.8. The van der Waals surface area contributed by atoms with Gasteiger partial charge in [0, 0.05) is 16.2 Å². The summed E-state index contributed by atoms with van der Waals surface area (Å²) in [5.74, 6) is 0.934. The van der Waals surface area contributed by atoms with Crippen molar-refractivity contribution in [1.29, 1.82) is 0 Å². The maximum absolute atomic E-state index is 12.2. The standard InChI is InChI=1S/C15H12Br2N2O4/c1-21-10-4-3-8-11(12(10)22-2)15(20)23-14(8)19-13-9(17)5-7(16)6-18-13/h3-6,14H,1-2H3,(H,18,19)/t14-/m1/s1. The number of rotatable bonds is 4. The number of nitrogens with one attached hydrogen (secondary N) is 1. The first-order valence-electron chi connectivity index (χ1n) is 6.58. The molecule has 1 aliphatic rings. The molecule has 8 heteroatoms. The van der Waals surface area contributed by atoms with E-state index < -0.39 is 12.2 Å². The molecule has 1 aromatic heterocycles. The van der Waals surface area contributed by atoms with E-state index in [2.05, 4.69) is 42.2 Å². The highest BCUT2D eigenvalue weighted by atomic mass is 79.9. The highest BCUT2D eigenvalue weighted by Crippen LogP contribution is 2.42. The van der Waals surface area contributed by atoms with Crippen LogP contribution < -0.4 is 14.8 Å². The summed E-state index contributed by atoms with van der Waals surface area (Å²) in [7, 11) is 3.00. The molecular formula is C15H12Br2N2O4. The quantitative estimate of drug-likeness (QED) is 0.722. The van der Waals surface area contributed by atoms with Gasteiger partial charge in [0.2, 0.25) is 6.23 Å². The zero-order chi connectivity index (χ0) is 16.6. The molecular weight excluding hydrogens is 432 g/mol. The number of hydrogen-bond acceptors (Lipinski definition) is 6. The van der Waals surface area contributed by atoms with E-state index in [0.717, 1.165) is 8.95 Å². The van der Waals surface area contributed by atoms with Gasteiger partial charge in [-0.15, -0.1) is 0 Å². The summed E-state index contributed by atoms with van der Waals surface area (Å²) in [6.45, 7) is 0. The fourth-order valence-electron chi connectivity index (χ4n) is 2.35. The molecule has 120 valence electrons. The third kappa shape index (κ3) is 2.88. The minimum atomic E-state index is -0.651. The van der Waals surface area contributed by atoms with Crippen LogP contribution in [0, 0.1) is 0 Å². The van der Waals surface area contributed by atoms with Crippen LogP contribution in [-0.4, -0.2) is 25.2 Å². The minimum absolute atomic E-state index is 0.359. The monoisotopic (exact) mass is 442 g/mol. The number of methoxy groups -OCH3 is 2. The van der Waals surface area contributed by atoms with Crippen LogP contribution in [0.4, 0.5) is 5.82 Å². The summed E-state index contributed by atoms with van der Waals surface area (Å²) in [6, 6.07) is 5.35. The molecule has 0 fully saturated rings. The van der Waals surface area contributed by atoms with E-state index in [1.165, 1.54) is 14.2 Å². The largest absolute Gasteiger partial charge is 0.493 e. The van der Waals surface area contributed by atoms with E-state index in [-0.39, 0.29) is 0 Å². The Labute approximate surface area is 149 Å². The fraction of sp³-hybridized carbons (Fsp3) is 0.200. The first-order valence-corrected chi connectivity index (χ1v) is 8.17.